The minimum Gasteiger partial charge on any atom is -0.311 e. The van der Waals surface area contributed by atoms with E-state index in [1.54, 1.807) is 0 Å². The lowest BCUT2D eigenvalue weighted by molar-refractivity contribution is 0.468. The third-order valence-corrected chi connectivity index (χ3v) is 4.51. The van der Waals surface area contributed by atoms with Crippen LogP contribution in [0.15, 0.2) is 12.1 Å². The Balaban J connectivity index is 1.74. The van der Waals surface area contributed by atoms with Gasteiger partial charge in [0.1, 0.15) is 0 Å². The zero-order valence-electron chi connectivity index (χ0n) is 9.75. The number of nitrogens with zero attached hydrogens (tertiary/aromatic N) is 1. The van der Waals surface area contributed by atoms with Gasteiger partial charge in [0.25, 0.3) is 0 Å². The number of nitriles is 1. The highest BCUT2D eigenvalue weighted by Crippen LogP contribution is 2.47. The van der Waals surface area contributed by atoms with Crippen LogP contribution in [0.3, 0.4) is 0 Å². The van der Waals surface area contributed by atoms with Crippen molar-refractivity contribution in [3.8, 4) is 6.07 Å². The summed E-state index contributed by atoms with van der Waals surface area (Å²) in [5, 5.41) is 12.2. The molecular weight excluding hydrogens is 216 g/mol. The first-order chi connectivity index (χ1) is 7.78. The first-order valence-electron chi connectivity index (χ1n) is 5.93. The molecule has 2 nitrogen and oxygen atoms in total. The molecule has 1 aliphatic rings. The fourth-order valence-electron chi connectivity index (χ4n) is 1.92. The summed E-state index contributed by atoms with van der Waals surface area (Å²) in [4.78, 5) is 2.86. The fraction of sp³-hybridized carbons (Fsp3) is 0.615. The van der Waals surface area contributed by atoms with E-state index in [1.165, 1.54) is 22.6 Å². The summed E-state index contributed by atoms with van der Waals surface area (Å²) in [6.07, 6.45) is 4.28. The van der Waals surface area contributed by atoms with Gasteiger partial charge < -0.3 is 5.32 Å². The monoisotopic (exact) mass is 234 g/mol. The fourth-order valence-corrected chi connectivity index (χ4v) is 2.85. The number of rotatable bonds is 6. The van der Waals surface area contributed by atoms with Crippen LogP contribution >= 0.6 is 11.3 Å². The molecule has 0 aliphatic heterocycles. The van der Waals surface area contributed by atoms with E-state index < -0.39 is 0 Å². The topological polar surface area (TPSA) is 35.8 Å². The molecule has 0 radical (unpaired) electrons. The van der Waals surface area contributed by atoms with Crippen molar-refractivity contribution >= 4 is 11.3 Å². The van der Waals surface area contributed by atoms with Crippen molar-refractivity contribution in [2.45, 2.75) is 39.2 Å². The molecule has 1 aliphatic carbocycles. The Morgan fingerprint density at radius 3 is 2.75 bits per heavy atom. The summed E-state index contributed by atoms with van der Waals surface area (Å²) in [5.41, 5.74) is 0.319. The minimum atomic E-state index is 0.319. The first kappa shape index (κ1) is 11.6. The van der Waals surface area contributed by atoms with E-state index in [0.717, 1.165) is 19.5 Å². The molecule has 1 aromatic heterocycles. The molecule has 0 atom stereocenters. The Labute approximate surface area is 101 Å². The molecule has 1 fully saturated rings. The number of hydrogen-bond donors (Lipinski definition) is 1. The van der Waals surface area contributed by atoms with Crippen molar-refractivity contribution in [1.82, 2.24) is 5.32 Å². The van der Waals surface area contributed by atoms with E-state index in [9.17, 15) is 0 Å². The number of nitrogens with one attached hydrogen (secondary N) is 1. The summed E-state index contributed by atoms with van der Waals surface area (Å²) < 4.78 is 0. The maximum atomic E-state index is 8.72. The van der Waals surface area contributed by atoms with Gasteiger partial charge in [-0.2, -0.15) is 5.26 Å². The van der Waals surface area contributed by atoms with Crippen LogP contribution in [0.25, 0.3) is 0 Å². The summed E-state index contributed by atoms with van der Waals surface area (Å²) in [7, 11) is 0. The molecular formula is C13H18N2S. The van der Waals surface area contributed by atoms with Crippen LogP contribution in [0.2, 0.25) is 0 Å². The molecule has 3 heteroatoms. The first-order valence-corrected chi connectivity index (χ1v) is 6.75. The Morgan fingerprint density at radius 1 is 1.44 bits per heavy atom. The molecule has 0 amide bonds. The normalized spacial score (nSPS) is 17.0. The third kappa shape index (κ3) is 2.84. The summed E-state index contributed by atoms with van der Waals surface area (Å²) >= 11 is 1.89. The largest absolute Gasteiger partial charge is 0.311 e. The lowest BCUT2D eigenvalue weighted by atomic mass is 10.0. The molecule has 1 saturated carbocycles. The van der Waals surface area contributed by atoms with E-state index in [4.69, 9.17) is 5.26 Å². The van der Waals surface area contributed by atoms with Crippen molar-refractivity contribution in [3.05, 3.63) is 21.9 Å². The van der Waals surface area contributed by atoms with Crippen molar-refractivity contribution in [3.63, 3.8) is 0 Å². The van der Waals surface area contributed by atoms with Gasteiger partial charge in [0.2, 0.25) is 0 Å². The molecule has 1 heterocycles. The number of aryl methyl sites for hydroxylation is 1. The standard InChI is InChI=1S/C13H18N2S/c1-2-11-3-4-12(16-11)9-15-10-13(5-6-13)7-8-14/h3-4,15H,2,5-7,9-10H2,1H3. The Morgan fingerprint density at radius 2 is 2.19 bits per heavy atom. The zero-order chi connectivity index (χ0) is 11.4. The van der Waals surface area contributed by atoms with Crippen molar-refractivity contribution in [2.75, 3.05) is 6.54 Å². The van der Waals surface area contributed by atoms with Gasteiger partial charge in [0.15, 0.2) is 0 Å². The molecule has 0 bridgehead atoms. The van der Waals surface area contributed by atoms with Crippen LogP contribution in [0.5, 0.6) is 0 Å². The molecule has 2 rings (SSSR count). The van der Waals surface area contributed by atoms with Gasteiger partial charge in [0.05, 0.1) is 6.07 Å². The zero-order valence-corrected chi connectivity index (χ0v) is 10.6. The van der Waals surface area contributed by atoms with E-state index in [2.05, 4.69) is 30.4 Å². The van der Waals surface area contributed by atoms with Crippen LogP contribution in [0.1, 0.15) is 35.9 Å². The molecule has 1 aromatic rings. The van der Waals surface area contributed by atoms with Gasteiger partial charge >= 0.3 is 0 Å². The Hall–Kier alpha value is -0.850. The SMILES string of the molecule is CCc1ccc(CNCC2(CC#N)CC2)s1. The van der Waals surface area contributed by atoms with Crippen LogP contribution < -0.4 is 5.32 Å². The summed E-state index contributed by atoms with van der Waals surface area (Å²) in [6, 6.07) is 6.72. The third-order valence-electron chi connectivity index (χ3n) is 3.28. The van der Waals surface area contributed by atoms with E-state index in [1.807, 2.05) is 11.3 Å². The van der Waals surface area contributed by atoms with Crippen molar-refractivity contribution in [2.24, 2.45) is 5.41 Å². The van der Waals surface area contributed by atoms with Crippen molar-refractivity contribution in [1.29, 1.82) is 5.26 Å². The molecule has 86 valence electrons. The molecule has 0 unspecified atom stereocenters. The molecule has 0 spiro atoms. The smallest absolute Gasteiger partial charge is 0.0628 e. The van der Waals surface area contributed by atoms with Gasteiger partial charge in [0, 0.05) is 29.3 Å². The second kappa shape index (κ2) is 4.99. The second-order valence-corrected chi connectivity index (χ2v) is 5.91. The van der Waals surface area contributed by atoms with Crippen molar-refractivity contribution < 1.29 is 0 Å². The van der Waals surface area contributed by atoms with Gasteiger partial charge in [-0.3, -0.25) is 0 Å². The highest BCUT2D eigenvalue weighted by Gasteiger charge is 2.41. The highest BCUT2D eigenvalue weighted by molar-refractivity contribution is 7.11. The van der Waals surface area contributed by atoms with Crippen LogP contribution in [0.4, 0.5) is 0 Å². The number of hydrogen-bond acceptors (Lipinski definition) is 3. The minimum absolute atomic E-state index is 0.319. The highest BCUT2D eigenvalue weighted by atomic mass is 32.1. The Kier molecular flexibility index (Phi) is 3.63. The second-order valence-electron chi connectivity index (χ2n) is 4.66. The molecule has 0 aromatic carbocycles. The predicted molar refractivity (Wildman–Crippen MR) is 67.3 cm³/mol. The van der Waals surface area contributed by atoms with Gasteiger partial charge in [-0.1, -0.05) is 6.92 Å². The van der Waals surface area contributed by atoms with E-state index in [-0.39, 0.29) is 0 Å². The number of thiophene rings is 1. The Bertz CT molecular complexity index is 385. The van der Waals surface area contributed by atoms with E-state index in [0.29, 0.717) is 11.8 Å². The average molecular weight is 234 g/mol. The van der Waals surface area contributed by atoms with Crippen LogP contribution in [-0.4, -0.2) is 6.54 Å². The van der Waals surface area contributed by atoms with Gasteiger partial charge in [-0.15, -0.1) is 11.3 Å². The van der Waals surface area contributed by atoms with Gasteiger partial charge in [-0.25, -0.2) is 0 Å². The predicted octanol–water partition coefficient (Wildman–Crippen LogP) is 3.09. The maximum Gasteiger partial charge on any atom is 0.0628 e. The average Bonchev–Trinajstić information content (AvgIpc) is 2.89. The summed E-state index contributed by atoms with van der Waals surface area (Å²) in [5.74, 6) is 0. The quantitative estimate of drug-likeness (QED) is 0.821. The maximum absolute atomic E-state index is 8.72. The lowest BCUT2D eigenvalue weighted by Gasteiger charge is -2.11. The molecule has 16 heavy (non-hydrogen) atoms. The molecule has 1 N–H and O–H groups in total. The lowest BCUT2D eigenvalue weighted by Crippen LogP contribution is -2.22. The molecule has 0 saturated heterocycles. The van der Waals surface area contributed by atoms with Crippen LogP contribution in [-0.2, 0) is 13.0 Å². The summed E-state index contributed by atoms with van der Waals surface area (Å²) in [6.45, 7) is 4.15. The van der Waals surface area contributed by atoms with E-state index >= 15 is 0 Å². The van der Waals surface area contributed by atoms with Crippen LogP contribution in [0, 0.1) is 16.7 Å². The van der Waals surface area contributed by atoms with Gasteiger partial charge in [-0.05, 0) is 36.8 Å².